The fourth-order valence-corrected chi connectivity index (χ4v) is 1.53. The number of aromatic hydroxyl groups is 1. The molecule has 1 aromatic heterocycles. The molecule has 78 valence electrons. The van der Waals surface area contributed by atoms with Crippen molar-refractivity contribution >= 4 is 11.6 Å². The van der Waals surface area contributed by atoms with Gasteiger partial charge in [-0.2, -0.15) is 0 Å². The Labute approximate surface area is 90.7 Å². The van der Waals surface area contributed by atoms with Gasteiger partial charge in [0.05, 0.1) is 0 Å². The minimum Gasteiger partial charge on any atom is -0.493 e. The fourth-order valence-electron chi connectivity index (χ4n) is 1.41. The average Bonchev–Trinajstić information content (AvgIpc) is 2.44. The molecule has 0 saturated heterocycles. The number of nitrogens with one attached hydrogen (secondary N) is 1. The standard InChI is InChI=1S/C10H9ClN2O2/c1-13-10(15)8(9(14)12-13)6-2-4-7(11)5-3-6/h2-5,15H,1H3,(H,12,14). The van der Waals surface area contributed by atoms with Gasteiger partial charge in [0.25, 0.3) is 5.56 Å². The summed E-state index contributed by atoms with van der Waals surface area (Å²) in [5.41, 5.74) is 0.574. The van der Waals surface area contributed by atoms with E-state index in [1.807, 2.05) is 0 Å². The van der Waals surface area contributed by atoms with Gasteiger partial charge in [-0.15, -0.1) is 0 Å². The van der Waals surface area contributed by atoms with Gasteiger partial charge < -0.3 is 5.11 Å². The van der Waals surface area contributed by atoms with Gasteiger partial charge in [-0.05, 0) is 17.7 Å². The lowest BCUT2D eigenvalue weighted by Gasteiger charge is -1.98. The Morgan fingerprint density at radius 3 is 2.40 bits per heavy atom. The summed E-state index contributed by atoms with van der Waals surface area (Å²) >= 11 is 5.73. The molecule has 4 nitrogen and oxygen atoms in total. The van der Waals surface area contributed by atoms with Crippen LogP contribution >= 0.6 is 11.6 Å². The molecule has 15 heavy (non-hydrogen) atoms. The van der Waals surface area contributed by atoms with Crippen molar-refractivity contribution in [3.8, 4) is 17.0 Å². The Morgan fingerprint density at radius 2 is 1.93 bits per heavy atom. The molecule has 0 aliphatic rings. The summed E-state index contributed by atoms with van der Waals surface area (Å²) in [7, 11) is 1.57. The number of nitrogens with zero attached hydrogens (tertiary/aromatic N) is 1. The first-order chi connectivity index (χ1) is 7.09. The van der Waals surface area contributed by atoms with Crippen LogP contribution in [0.5, 0.6) is 5.88 Å². The minimum atomic E-state index is -0.322. The normalized spacial score (nSPS) is 10.5. The molecule has 2 aromatic rings. The third kappa shape index (κ3) is 1.64. The molecule has 2 rings (SSSR count). The second-order valence-electron chi connectivity index (χ2n) is 3.21. The molecule has 0 atom stereocenters. The first kappa shape index (κ1) is 9.86. The van der Waals surface area contributed by atoms with E-state index in [-0.39, 0.29) is 17.0 Å². The smallest absolute Gasteiger partial charge is 0.275 e. The zero-order valence-electron chi connectivity index (χ0n) is 7.99. The SMILES string of the molecule is Cn1[nH]c(=O)c(-c2ccc(Cl)cc2)c1O. The molecule has 0 spiro atoms. The van der Waals surface area contributed by atoms with E-state index in [2.05, 4.69) is 5.10 Å². The highest BCUT2D eigenvalue weighted by molar-refractivity contribution is 6.30. The van der Waals surface area contributed by atoms with Crippen LogP contribution in [0, 0.1) is 0 Å². The summed E-state index contributed by atoms with van der Waals surface area (Å²) in [6.07, 6.45) is 0. The Balaban J connectivity index is 2.64. The number of rotatable bonds is 1. The molecule has 2 N–H and O–H groups in total. The number of hydrogen-bond donors (Lipinski definition) is 2. The third-order valence-electron chi connectivity index (χ3n) is 2.17. The third-order valence-corrected chi connectivity index (χ3v) is 2.42. The highest BCUT2D eigenvalue weighted by Gasteiger charge is 2.13. The van der Waals surface area contributed by atoms with Crippen molar-refractivity contribution in [3.63, 3.8) is 0 Å². The van der Waals surface area contributed by atoms with E-state index in [0.717, 1.165) is 0 Å². The van der Waals surface area contributed by atoms with Crippen molar-refractivity contribution in [2.24, 2.45) is 7.05 Å². The maximum Gasteiger partial charge on any atom is 0.275 e. The van der Waals surface area contributed by atoms with Crippen molar-refractivity contribution in [1.29, 1.82) is 0 Å². The number of benzene rings is 1. The highest BCUT2D eigenvalue weighted by atomic mass is 35.5. The molecule has 0 aliphatic heterocycles. The van der Waals surface area contributed by atoms with Crippen LogP contribution in [-0.4, -0.2) is 14.9 Å². The zero-order chi connectivity index (χ0) is 11.0. The van der Waals surface area contributed by atoms with E-state index in [4.69, 9.17) is 11.6 Å². The van der Waals surface area contributed by atoms with Gasteiger partial charge in [0.1, 0.15) is 5.56 Å². The lowest BCUT2D eigenvalue weighted by Crippen LogP contribution is -2.03. The quantitative estimate of drug-likeness (QED) is 0.775. The van der Waals surface area contributed by atoms with E-state index < -0.39 is 0 Å². The van der Waals surface area contributed by atoms with Crippen LogP contribution in [0.25, 0.3) is 11.1 Å². The molecular weight excluding hydrogens is 216 g/mol. The Morgan fingerprint density at radius 1 is 1.33 bits per heavy atom. The summed E-state index contributed by atoms with van der Waals surface area (Å²) < 4.78 is 1.27. The van der Waals surface area contributed by atoms with Gasteiger partial charge in [-0.3, -0.25) is 14.6 Å². The van der Waals surface area contributed by atoms with Crippen LogP contribution in [0.4, 0.5) is 0 Å². The molecule has 1 heterocycles. The van der Waals surface area contributed by atoms with Gasteiger partial charge >= 0.3 is 0 Å². The molecule has 0 bridgehead atoms. The van der Waals surface area contributed by atoms with Crippen LogP contribution in [0.15, 0.2) is 29.1 Å². The number of aromatic nitrogens is 2. The largest absolute Gasteiger partial charge is 0.493 e. The maximum absolute atomic E-state index is 11.5. The van der Waals surface area contributed by atoms with Gasteiger partial charge in [-0.25, -0.2) is 0 Å². The van der Waals surface area contributed by atoms with Crippen LogP contribution < -0.4 is 5.56 Å². The number of H-pyrrole nitrogens is 1. The van der Waals surface area contributed by atoms with Gasteiger partial charge in [0.15, 0.2) is 0 Å². The second-order valence-corrected chi connectivity index (χ2v) is 3.64. The lowest BCUT2D eigenvalue weighted by atomic mass is 10.1. The number of aromatic amines is 1. The van der Waals surface area contributed by atoms with Gasteiger partial charge in [0, 0.05) is 12.1 Å². The molecule has 5 heteroatoms. The van der Waals surface area contributed by atoms with E-state index in [0.29, 0.717) is 10.6 Å². The van der Waals surface area contributed by atoms with Crippen LogP contribution in [0.1, 0.15) is 0 Å². The molecule has 0 saturated carbocycles. The topological polar surface area (TPSA) is 58.0 Å². The van der Waals surface area contributed by atoms with Gasteiger partial charge in [-0.1, -0.05) is 23.7 Å². The van der Waals surface area contributed by atoms with Crippen molar-refractivity contribution in [1.82, 2.24) is 9.78 Å². The summed E-state index contributed by atoms with van der Waals surface area (Å²) in [4.78, 5) is 11.5. The average molecular weight is 225 g/mol. The summed E-state index contributed by atoms with van der Waals surface area (Å²) in [6.45, 7) is 0. The van der Waals surface area contributed by atoms with E-state index in [1.165, 1.54) is 4.68 Å². The van der Waals surface area contributed by atoms with Gasteiger partial charge in [0.2, 0.25) is 5.88 Å². The van der Waals surface area contributed by atoms with Crippen molar-refractivity contribution in [3.05, 3.63) is 39.6 Å². The summed E-state index contributed by atoms with van der Waals surface area (Å²) in [6, 6.07) is 6.71. The van der Waals surface area contributed by atoms with Crippen molar-refractivity contribution < 1.29 is 5.11 Å². The van der Waals surface area contributed by atoms with E-state index >= 15 is 0 Å². The maximum atomic E-state index is 11.5. The first-order valence-electron chi connectivity index (χ1n) is 4.33. The monoisotopic (exact) mass is 224 g/mol. The van der Waals surface area contributed by atoms with Crippen molar-refractivity contribution in [2.75, 3.05) is 0 Å². The summed E-state index contributed by atoms with van der Waals surface area (Å²) in [5, 5.41) is 12.7. The minimum absolute atomic E-state index is 0.0812. The molecule has 0 fully saturated rings. The Hall–Kier alpha value is -1.68. The highest BCUT2D eigenvalue weighted by Crippen LogP contribution is 2.25. The second kappa shape index (κ2) is 3.47. The first-order valence-corrected chi connectivity index (χ1v) is 4.71. The molecule has 0 aliphatic carbocycles. The molecule has 0 amide bonds. The number of hydrogen-bond acceptors (Lipinski definition) is 2. The Bertz CT molecular complexity index is 540. The molecule has 0 radical (unpaired) electrons. The number of halogens is 1. The predicted molar refractivity (Wildman–Crippen MR) is 58.1 cm³/mol. The number of aryl methyl sites for hydroxylation is 1. The van der Waals surface area contributed by atoms with Crippen LogP contribution in [0.2, 0.25) is 5.02 Å². The lowest BCUT2D eigenvalue weighted by molar-refractivity contribution is 0.420. The zero-order valence-corrected chi connectivity index (χ0v) is 8.75. The van der Waals surface area contributed by atoms with E-state index in [9.17, 15) is 9.90 Å². The Kier molecular flexibility index (Phi) is 2.28. The summed E-state index contributed by atoms with van der Waals surface area (Å²) in [5.74, 6) is -0.0812. The van der Waals surface area contributed by atoms with E-state index in [1.54, 1.807) is 31.3 Å². The van der Waals surface area contributed by atoms with Crippen LogP contribution in [-0.2, 0) is 7.05 Å². The molecule has 1 aromatic carbocycles. The van der Waals surface area contributed by atoms with Crippen molar-refractivity contribution in [2.45, 2.75) is 0 Å². The predicted octanol–water partition coefficient (Wildman–Crippen LogP) is 1.74. The molecular formula is C10H9ClN2O2. The van der Waals surface area contributed by atoms with Crippen LogP contribution in [0.3, 0.4) is 0 Å². The fraction of sp³-hybridized carbons (Fsp3) is 0.100. The molecule has 0 unspecified atom stereocenters.